The topological polar surface area (TPSA) is 75.3 Å². The first-order chi connectivity index (χ1) is 11.2. The van der Waals surface area contributed by atoms with Gasteiger partial charge in [-0.05, 0) is 38.0 Å². The normalized spacial score (nSPS) is 28.3. The molecule has 128 valence electrons. The molecule has 0 aromatic carbocycles. The van der Waals surface area contributed by atoms with E-state index >= 15 is 0 Å². The van der Waals surface area contributed by atoms with E-state index in [2.05, 4.69) is 25.8 Å². The minimum Gasteiger partial charge on any atom is -0.356 e. The van der Waals surface area contributed by atoms with E-state index in [4.69, 9.17) is 4.52 Å². The number of rotatable bonds is 4. The number of aliphatic imine (C=N–C) groups is 1. The van der Waals surface area contributed by atoms with Crippen LogP contribution in [0.15, 0.2) is 9.52 Å². The molecule has 2 N–H and O–H groups in total. The second-order valence-corrected chi connectivity index (χ2v) is 6.94. The van der Waals surface area contributed by atoms with Crippen LogP contribution in [0, 0.1) is 18.8 Å². The number of hydrogen-bond acceptors (Lipinski definition) is 4. The number of hydrogen-bond donors (Lipinski definition) is 2. The van der Waals surface area contributed by atoms with Gasteiger partial charge in [0.15, 0.2) is 11.8 Å². The first-order valence-corrected chi connectivity index (χ1v) is 9.01. The summed E-state index contributed by atoms with van der Waals surface area (Å²) in [4.78, 5) is 8.57. The number of guanidine groups is 1. The largest absolute Gasteiger partial charge is 0.356 e. The van der Waals surface area contributed by atoms with Crippen LogP contribution in [0.25, 0.3) is 0 Å². The van der Waals surface area contributed by atoms with Crippen molar-refractivity contribution in [2.45, 2.75) is 64.3 Å². The predicted octanol–water partition coefficient (Wildman–Crippen LogP) is 2.44. The van der Waals surface area contributed by atoms with Gasteiger partial charge in [0.2, 0.25) is 5.89 Å². The molecule has 0 saturated heterocycles. The van der Waals surface area contributed by atoms with Crippen molar-refractivity contribution >= 4 is 5.96 Å². The summed E-state index contributed by atoms with van der Waals surface area (Å²) in [5, 5.41) is 10.8. The molecule has 2 fully saturated rings. The molecule has 1 heterocycles. The van der Waals surface area contributed by atoms with Crippen LogP contribution in [0.3, 0.4) is 0 Å². The van der Waals surface area contributed by atoms with E-state index in [0.717, 1.165) is 30.8 Å². The van der Waals surface area contributed by atoms with Crippen molar-refractivity contribution in [3.63, 3.8) is 0 Å². The minimum atomic E-state index is 0.561. The van der Waals surface area contributed by atoms with Crippen molar-refractivity contribution in [1.29, 1.82) is 0 Å². The smallest absolute Gasteiger partial charge is 0.228 e. The van der Waals surface area contributed by atoms with Crippen molar-refractivity contribution in [1.82, 2.24) is 20.8 Å². The van der Waals surface area contributed by atoms with Crippen LogP contribution in [0.2, 0.25) is 0 Å². The van der Waals surface area contributed by atoms with Gasteiger partial charge in [-0.1, -0.05) is 30.8 Å². The molecule has 1 aromatic rings. The zero-order chi connectivity index (χ0) is 16.1. The first-order valence-electron chi connectivity index (χ1n) is 9.01. The average molecular weight is 319 g/mol. The molecule has 0 spiro atoms. The zero-order valence-electron chi connectivity index (χ0n) is 14.3. The van der Waals surface area contributed by atoms with Gasteiger partial charge in [-0.15, -0.1) is 0 Å². The quantitative estimate of drug-likeness (QED) is 0.658. The van der Waals surface area contributed by atoms with Gasteiger partial charge in [0.1, 0.15) is 0 Å². The first kappa shape index (κ1) is 16.3. The molecule has 3 atom stereocenters. The monoisotopic (exact) mass is 319 g/mol. The third-order valence-corrected chi connectivity index (χ3v) is 5.31. The Morgan fingerprint density at radius 1 is 1.22 bits per heavy atom. The van der Waals surface area contributed by atoms with E-state index in [1.165, 1.54) is 44.9 Å². The summed E-state index contributed by atoms with van der Waals surface area (Å²) in [6.45, 7) is 2.59. The van der Waals surface area contributed by atoms with Crippen LogP contribution in [-0.2, 0) is 6.42 Å². The molecule has 2 saturated carbocycles. The van der Waals surface area contributed by atoms with Gasteiger partial charge in [0.25, 0.3) is 0 Å². The maximum Gasteiger partial charge on any atom is 0.228 e. The molecule has 2 aliphatic rings. The maximum absolute atomic E-state index is 5.13. The Morgan fingerprint density at radius 3 is 2.78 bits per heavy atom. The maximum atomic E-state index is 5.13. The highest BCUT2D eigenvalue weighted by Gasteiger charge is 2.32. The van der Waals surface area contributed by atoms with Gasteiger partial charge >= 0.3 is 0 Å². The average Bonchev–Trinajstić information content (AvgIpc) is 2.99. The lowest BCUT2D eigenvalue weighted by molar-refractivity contribution is 0.150. The third kappa shape index (κ3) is 4.45. The van der Waals surface area contributed by atoms with E-state index in [1.807, 2.05) is 14.0 Å². The summed E-state index contributed by atoms with van der Waals surface area (Å²) in [6.07, 6.45) is 10.4. The molecule has 0 bridgehead atoms. The van der Waals surface area contributed by atoms with Crippen LogP contribution in [0.4, 0.5) is 0 Å². The lowest BCUT2D eigenvalue weighted by Gasteiger charge is -2.39. The van der Waals surface area contributed by atoms with Crippen LogP contribution >= 0.6 is 0 Å². The Labute approximate surface area is 138 Å². The molecule has 0 amide bonds. The summed E-state index contributed by atoms with van der Waals surface area (Å²) >= 11 is 0. The second-order valence-electron chi connectivity index (χ2n) is 6.94. The fraction of sp³-hybridized carbons (Fsp3) is 0.824. The highest BCUT2D eigenvalue weighted by Crippen LogP contribution is 2.40. The zero-order valence-corrected chi connectivity index (χ0v) is 14.3. The van der Waals surface area contributed by atoms with Crippen molar-refractivity contribution in [3.05, 3.63) is 11.7 Å². The number of fused-ring (bicyclic) bond motifs is 1. The fourth-order valence-corrected chi connectivity index (χ4v) is 4.12. The Bertz CT molecular complexity index is 527. The van der Waals surface area contributed by atoms with Gasteiger partial charge in [0.05, 0.1) is 0 Å². The molecule has 0 aliphatic heterocycles. The molecule has 3 unspecified atom stereocenters. The summed E-state index contributed by atoms with van der Waals surface area (Å²) in [5.41, 5.74) is 0. The van der Waals surface area contributed by atoms with Gasteiger partial charge in [-0.2, -0.15) is 4.98 Å². The molecular weight excluding hydrogens is 290 g/mol. The third-order valence-electron chi connectivity index (χ3n) is 5.31. The van der Waals surface area contributed by atoms with Crippen molar-refractivity contribution < 1.29 is 4.52 Å². The van der Waals surface area contributed by atoms with E-state index in [-0.39, 0.29) is 0 Å². The van der Waals surface area contributed by atoms with Gasteiger partial charge < -0.3 is 15.2 Å². The lowest BCUT2D eigenvalue weighted by atomic mass is 9.69. The van der Waals surface area contributed by atoms with Crippen LogP contribution in [-0.4, -0.2) is 35.7 Å². The molecule has 3 rings (SSSR count). The SMILES string of the molecule is CN=C(NCCc1nc(C)no1)NC1CCC2CCCCC2C1. The molecule has 6 heteroatoms. The van der Waals surface area contributed by atoms with E-state index in [9.17, 15) is 0 Å². The minimum absolute atomic E-state index is 0.561. The molecule has 6 nitrogen and oxygen atoms in total. The summed E-state index contributed by atoms with van der Waals surface area (Å²) < 4.78 is 5.13. The summed E-state index contributed by atoms with van der Waals surface area (Å²) in [5.74, 6) is 4.16. The fourth-order valence-electron chi connectivity index (χ4n) is 4.12. The second kappa shape index (κ2) is 7.79. The van der Waals surface area contributed by atoms with Crippen LogP contribution < -0.4 is 10.6 Å². The van der Waals surface area contributed by atoms with Crippen molar-refractivity contribution in [2.75, 3.05) is 13.6 Å². The van der Waals surface area contributed by atoms with Crippen LogP contribution in [0.5, 0.6) is 0 Å². The molecular formula is C17H29N5O. The van der Waals surface area contributed by atoms with Gasteiger partial charge in [-0.3, -0.25) is 4.99 Å². The van der Waals surface area contributed by atoms with E-state index in [1.54, 1.807) is 0 Å². The van der Waals surface area contributed by atoms with Crippen molar-refractivity contribution in [3.8, 4) is 0 Å². The predicted molar refractivity (Wildman–Crippen MR) is 90.3 cm³/mol. The lowest BCUT2D eigenvalue weighted by Crippen LogP contribution is -2.47. The molecule has 1 aromatic heterocycles. The highest BCUT2D eigenvalue weighted by molar-refractivity contribution is 5.79. The Kier molecular flexibility index (Phi) is 5.51. The number of aryl methyl sites for hydroxylation is 1. The number of nitrogens with zero attached hydrogens (tertiary/aromatic N) is 3. The molecule has 23 heavy (non-hydrogen) atoms. The Hall–Kier alpha value is -1.59. The highest BCUT2D eigenvalue weighted by atomic mass is 16.5. The van der Waals surface area contributed by atoms with Gasteiger partial charge in [-0.25, -0.2) is 0 Å². The van der Waals surface area contributed by atoms with E-state index in [0.29, 0.717) is 17.8 Å². The number of nitrogens with one attached hydrogen (secondary N) is 2. The Morgan fingerprint density at radius 2 is 2.04 bits per heavy atom. The number of aromatic nitrogens is 2. The Balaban J connectivity index is 1.42. The van der Waals surface area contributed by atoms with E-state index < -0.39 is 0 Å². The van der Waals surface area contributed by atoms with Crippen LogP contribution in [0.1, 0.15) is 56.7 Å². The van der Waals surface area contributed by atoms with Crippen molar-refractivity contribution in [2.24, 2.45) is 16.8 Å². The molecule has 0 radical (unpaired) electrons. The summed E-state index contributed by atoms with van der Waals surface area (Å²) in [6, 6.07) is 0.561. The molecule has 2 aliphatic carbocycles. The summed E-state index contributed by atoms with van der Waals surface area (Å²) in [7, 11) is 1.83. The standard InChI is InChI=1S/C17H29N5O/c1-12-20-16(23-22-12)9-10-19-17(18-2)21-15-8-7-13-5-3-4-6-14(13)11-15/h13-15H,3-11H2,1-2H3,(H2,18,19,21). The van der Waals surface area contributed by atoms with Gasteiger partial charge in [0, 0.05) is 26.1 Å².